The van der Waals surface area contributed by atoms with Crippen molar-refractivity contribution in [2.24, 2.45) is 5.73 Å². The van der Waals surface area contributed by atoms with Crippen molar-refractivity contribution in [2.75, 3.05) is 25.5 Å². The largest absolute Gasteiger partial charge is 0.370 e. The Bertz CT molecular complexity index is 836. The van der Waals surface area contributed by atoms with Crippen LogP contribution in [0.5, 0.6) is 0 Å². The zero-order valence-electron chi connectivity index (χ0n) is 18.3. The van der Waals surface area contributed by atoms with Gasteiger partial charge < -0.3 is 31.9 Å². The number of likely N-dealkylation sites (tertiary alicyclic amines) is 1. The van der Waals surface area contributed by atoms with Gasteiger partial charge in [-0.05, 0) is 51.4 Å². The van der Waals surface area contributed by atoms with Gasteiger partial charge in [0.25, 0.3) is 0 Å². The predicted molar refractivity (Wildman–Crippen MR) is 117 cm³/mol. The second-order valence-corrected chi connectivity index (χ2v) is 7.75. The van der Waals surface area contributed by atoms with Crippen molar-refractivity contribution in [3.63, 3.8) is 0 Å². The molecule has 6 N–H and O–H groups in total. The number of carbonyl (C=O) groups excluding carboxylic acids is 4. The van der Waals surface area contributed by atoms with Crippen molar-refractivity contribution >= 4 is 29.4 Å². The maximum absolute atomic E-state index is 13.3. The summed E-state index contributed by atoms with van der Waals surface area (Å²) in [7, 11) is 1.66. The van der Waals surface area contributed by atoms with Crippen LogP contribution in [0.25, 0.3) is 0 Å². The van der Waals surface area contributed by atoms with Gasteiger partial charge in [0, 0.05) is 31.2 Å². The summed E-state index contributed by atoms with van der Waals surface area (Å²) in [5.41, 5.74) is 5.42. The normalized spacial score (nSPS) is 19.0. The number of nitrogens with one attached hydrogen (secondary N) is 4. The predicted octanol–water partition coefficient (Wildman–Crippen LogP) is 0.296. The zero-order valence-corrected chi connectivity index (χ0v) is 18.3. The molecule has 11 heteroatoms. The standard InChI is InChI=1S/C21H31FN6O4/c1-13(24-2)20(31)28-10-8-16(12-17(28)19(30)25-9-4-7-18(23)29)27-21(32)26-15-6-3-5-14(22)11-15/h3,5-6,11,13,16-17,24H,4,7-10,12H2,1-2H3,(H2,23,29)(H,25,30)(H2,26,27,32). The molecule has 0 bridgehead atoms. The van der Waals surface area contributed by atoms with Gasteiger partial charge in [-0.1, -0.05) is 6.07 Å². The molecule has 1 aliphatic heterocycles. The second-order valence-electron chi connectivity index (χ2n) is 7.75. The van der Waals surface area contributed by atoms with Crippen LogP contribution in [0.1, 0.15) is 32.6 Å². The Morgan fingerprint density at radius 2 is 2.03 bits per heavy atom. The molecule has 1 aromatic rings. The molecular formula is C21H31FN6O4. The van der Waals surface area contributed by atoms with E-state index in [9.17, 15) is 23.6 Å². The number of urea groups is 1. The molecule has 1 aliphatic rings. The highest BCUT2D eigenvalue weighted by atomic mass is 19.1. The summed E-state index contributed by atoms with van der Waals surface area (Å²) in [5, 5.41) is 11.0. The number of rotatable bonds is 9. The molecule has 1 aromatic carbocycles. The number of piperidine rings is 1. The van der Waals surface area contributed by atoms with Crippen LogP contribution in [0, 0.1) is 5.82 Å². The third-order valence-corrected chi connectivity index (χ3v) is 5.31. The summed E-state index contributed by atoms with van der Waals surface area (Å²) < 4.78 is 13.3. The number of hydrogen-bond donors (Lipinski definition) is 5. The van der Waals surface area contributed by atoms with Gasteiger partial charge in [-0.3, -0.25) is 14.4 Å². The topological polar surface area (TPSA) is 146 Å². The Hall–Kier alpha value is -3.21. The van der Waals surface area contributed by atoms with Gasteiger partial charge >= 0.3 is 6.03 Å². The van der Waals surface area contributed by atoms with E-state index in [-0.39, 0.29) is 43.8 Å². The van der Waals surface area contributed by atoms with E-state index < -0.39 is 29.8 Å². The Morgan fingerprint density at radius 3 is 2.69 bits per heavy atom. The van der Waals surface area contributed by atoms with Crippen LogP contribution in [-0.4, -0.2) is 66.9 Å². The third kappa shape index (κ3) is 7.49. The molecule has 10 nitrogen and oxygen atoms in total. The SMILES string of the molecule is CNC(C)C(=O)N1CCC(NC(=O)Nc2cccc(F)c2)CC1C(=O)NCCCC(N)=O. The molecule has 32 heavy (non-hydrogen) atoms. The summed E-state index contributed by atoms with van der Waals surface area (Å²) >= 11 is 0. The Balaban J connectivity index is 2.01. The lowest BCUT2D eigenvalue weighted by Gasteiger charge is -2.39. The average Bonchev–Trinajstić information content (AvgIpc) is 2.75. The fraction of sp³-hybridized carbons (Fsp3) is 0.524. The van der Waals surface area contributed by atoms with Gasteiger partial charge in [-0.2, -0.15) is 0 Å². The van der Waals surface area contributed by atoms with E-state index in [1.807, 2.05) is 0 Å². The van der Waals surface area contributed by atoms with Gasteiger partial charge in [-0.25, -0.2) is 9.18 Å². The first-order valence-corrected chi connectivity index (χ1v) is 10.6. The lowest BCUT2D eigenvalue weighted by Crippen LogP contribution is -2.60. The number of carbonyl (C=O) groups is 4. The molecule has 1 saturated heterocycles. The number of amides is 5. The number of benzene rings is 1. The summed E-state index contributed by atoms with van der Waals surface area (Å²) in [5.74, 6) is -1.50. The van der Waals surface area contributed by atoms with E-state index in [0.717, 1.165) is 0 Å². The summed E-state index contributed by atoms with van der Waals surface area (Å²) in [6.45, 7) is 2.25. The fourth-order valence-electron chi connectivity index (χ4n) is 3.49. The summed E-state index contributed by atoms with van der Waals surface area (Å²) in [6, 6.07) is 3.38. The monoisotopic (exact) mass is 450 g/mol. The minimum Gasteiger partial charge on any atom is -0.370 e. The maximum atomic E-state index is 13.3. The lowest BCUT2D eigenvalue weighted by atomic mass is 9.95. The smallest absolute Gasteiger partial charge is 0.319 e. The van der Waals surface area contributed by atoms with Crippen LogP contribution < -0.4 is 27.0 Å². The zero-order chi connectivity index (χ0) is 23.7. The van der Waals surface area contributed by atoms with Gasteiger partial charge in [0.2, 0.25) is 17.7 Å². The molecule has 0 radical (unpaired) electrons. The van der Waals surface area contributed by atoms with Crippen LogP contribution in [-0.2, 0) is 14.4 Å². The number of nitrogens with zero attached hydrogens (tertiary/aromatic N) is 1. The highest BCUT2D eigenvalue weighted by Crippen LogP contribution is 2.20. The third-order valence-electron chi connectivity index (χ3n) is 5.31. The number of anilines is 1. The van der Waals surface area contributed by atoms with Crippen LogP contribution >= 0.6 is 0 Å². The Morgan fingerprint density at radius 1 is 1.28 bits per heavy atom. The van der Waals surface area contributed by atoms with E-state index in [2.05, 4.69) is 21.3 Å². The quantitative estimate of drug-likeness (QED) is 0.344. The molecule has 1 fully saturated rings. The van der Waals surface area contributed by atoms with E-state index >= 15 is 0 Å². The molecule has 2 rings (SSSR count). The first kappa shape index (κ1) is 25.1. The molecule has 0 aliphatic carbocycles. The molecule has 5 amide bonds. The maximum Gasteiger partial charge on any atom is 0.319 e. The molecular weight excluding hydrogens is 419 g/mol. The van der Waals surface area contributed by atoms with Crippen molar-refractivity contribution in [3.05, 3.63) is 30.1 Å². The van der Waals surface area contributed by atoms with Crippen LogP contribution in [0.2, 0.25) is 0 Å². The first-order valence-electron chi connectivity index (χ1n) is 10.6. The minimum atomic E-state index is -0.778. The average molecular weight is 451 g/mol. The van der Waals surface area contributed by atoms with Crippen molar-refractivity contribution in [2.45, 2.75) is 50.7 Å². The van der Waals surface area contributed by atoms with Crippen LogP contribution in [0.3, 0.4) is 0 Å². The van der Waals surface area contributed by atoms with Gasteiger partial charge in [0.15, 0.2) is 0 Å². The lowest BCUT2D eigenvalue weighted by molar-refractivity contribution is -0.144. The van der Waals surface area contributed by atoms with Crippen molar-refractivity contribution in [1.82, 2.24) is 20.9 Å². The molecule has 1 heterocycles. The first-order chi connectivity index (χ1) is 15.2. The fourth-order valence-corrected chi connectivity index (χ4v) is 3.49. The molecule has 3 unspecified atom stereocenters. The molecule has 176 valence electrons. The van der Waals surface area contributed by atoms with Gasteiger partial charge in [0.05, 0.1) is 6.04 Å². The number of hydrogen-bond acceptors (Lipinski definition) is 5. The van der Waals surface area contributed by atoms with E-state index in [1.54, 1.807) is 20.0 Å². The van der Waals surface area contributed by atoms with Gasteiger partial charge in [0.1, 0.15) is 11.9 Å². The van der Waals surface area contributed by atoms with Crippen molar-refractivity contribution in [3.8, 4) is 0 Å². The Kier molecular flexibility index (Phi) is 9.39. The molecule has 0 spiro atoms. The van der Waals surface area contributed by atoms with Crippen molar-refractivity contribution in [1.29, 1.82) is 0 Å². The van der Waals surface area contributed by atoms with Gasteiger partial charge in [-0.15, -0.1) is 0 Å². The number of nitrogens with two attached hydrogens (primary N) is 1. The minimum absolute atomic E-state index is 0.148. The number of halogens is 1. The van der Waals surface area contributed by atoms with Crippen LogP contribution in [0.4, 0.5) is 14.9 Å². The highest BCUT2D eigenvalue weighted by Gasteiger charge is 2.37. The van der Waals surface area contributed by atoms with E-state index in [0.29, 0.717) is 18.5 Å². The highest BCUT2D eigenvalue weighted by molar-refractivity contribution is 5.91. The Labute approximate surface area is 186 Å². The summed E-state index contributed by atoms with van der Waals surface area (Å²) in [4.78, 5) is 50.3. The molecule has 3 atom stereocenters. The number of primary amides is 1. The van der Waals surface area contributed by atoms with E-state index in [1.165, 1.54) is 23.1 Å². The van der Waals surface area contributed by atoms with E-state index in [4.69, 9.17) is 5.73 Å². The molecule has 0 aromatic heterocycles. The second kappa shape index (κ2) is 12.0. The number of likely N-dealkylation sites (N-methyl/N-ethyl adjacent to an activating group) is 1. The summed E-state index contributed by atoms with van der Waals surface area (Å²) in [6.07, 6.45) is 1.23. The van der Waals surface area contributed by atoms with Crippen LogP contribution in [0.15, 0.2) is 24.3 Å². The molecule has 0 saturated carbocycles. The van der Waals surface area contributed by atoms with Crippen molar-refractivity contribution < 1.29 is 23.6 Å².